The molecule has 27 heavy (non-hydrogen) atoms. The minimum absolute atomic E-state index is 0.197. The highest BCUT2D eigenvalue weighted by Gasteiger charge is 2.41. The van der Waals surface area contributed by atoms with Gasteiger partial charge in [-0.05, 0) is 50.9 Å². The predicted octanol–water partition coefficient (Wildman–Crippen LogP) is -0.287. The van der Waals surface area contributed by atoms with Crippen molar-refractivity contribution >= 4 is 0 Å². The summed E-state index contributed by atoms with van der Waals surface area (Å²) >= 11 is 0. The van der Waals surface area contributed by atoms with E-state index in [9.17, 15) is 5.11 Å². The molecule has 0 bridgehead atoms. The Balaban J connectivity index is 1.43. The molecule has 0 aromatic carbocycles. The van der Waals surface area contributed by atoms with Crippen molar-refractivity contribution in [2.45, 2.75) is 82.1 Å². The highest BCUT2D eigenvalue weighted by atomic mass is 16.5. The second-order valence-electron chi connectivity index (χ2n) is 8.57. The van der Waals surface area contributed by atoms with Crippen molar-refractivity contribution in [2.75, 3.05) is 33.9 Å². The fourth-order valence-corrected chi connectivity index (χ4v) is 5.42. The third-order valence-electron chi connectivity index (χ3n) is 6.94. The lowest BCUT2D eigenvalue weighted by Gasteiger charge is -2.44. The molecule has 7 nitrogen and oxygen atoms in total. The van der Waals surface area contributed by atoms with E-state index in [2.05, 4.69) is 21.3 Å². The van der Waals surface area contributed by atoms with Gasteiger partial charge in [0, 0.05) is 33.2 Å². The van der Waals surface area contributed by atoms with E-state index >= 15 is 0 Å². The van der Waals surface area contributed by atoms with Crippen molar-refractivity contribution < 1.29 is 19.9 Å². The van der Waals surface area contributed by atoms with Gasteiger partial charge in [-0.15, -0.1) is 0 Å². The van der Waals surface area contributed by atoms with Gasteiger partial charge in [0.2, 0.25) is 0 Å². The van der Waals surface area contributed by atoms with Gasteiger partial charge in [-0.3, -0.25) is 10.6 Å². The zero-order chi connectivity index (χ0) is 19.1. The van der Waals surface area contributed by atoms with Gasteiger partial charge in [0.15, 0.2) is 6.29 Å². The minimum Gasteiger partial charge on any atom is -0.395 e. The Morgan fingerprint density at radius 2 is 1.81 bits per heavy atom. The van der Waals surface area contributed by atoms with Crippen molar-refractivity contribution in [1.29, 1.82) is 0 Å². The van der Waals surface area contributed by atoms with E-state index in [0.29, 0.717) is 30.6 Å². The number of fused-ring (bicyclic) bond motifs is 1. The SMILES string of the molecule is COC1CCC(CCNC2NC(NCCO)C3CCCCC3[NH2+]2)CC1OC. The fourth-order valence-electron chi connectivity index (χ4n) is 5.42. The summed E-state index contributed by atoms with van der Waals surface area (Å²) in [7, 11) is 3.60. The quantitative estimate of drug-likeness (QED) is 0.375. The van der Waals surface area contributed by atoms with Gasteiger partial charge in [0.05, 0.1) is 31.0 Å². The van der Waals surface area contributed by atoms with E-state index in [1.807, 2.05) is 0 Å². The van der Waals surface area contributed by atoms with Crippen LogP contribution in [0.1, 0.15) is 51.4 Å². The first-order valence-electron chi connectivity index (χ1n) is 11.0. The van der Waals surface area contributed by atoms with E-state index in [0.717, 1.165) is 19.4 Å². The number of aliphatic hydroxyl groups is 1. The average Bonchev–Trinajstić information content (AvgIpc) is 2.71. The van der Waals surface area contributed by atoms with Crippen LogP contribution in [-0.4, -0.2) is 69.7 Å². The first-order chi connectivity index (χ1) is 13.2. The van der Waals surface area contributed by atoms with Crippen LogP contribution in [0.5, 0.6) is 0 Å². The third-order valence-corrected chi connectivity index (χ3v) is 6.94. The van der Waals surface area contributed by atoms with Gasteiger partial charge < -0.3 is 19.9 Å². The molecule has 7 unspecified atom stereocenters. The second kappa shape index (κ2) is 11.0. The van der Waals surface area contributed by atoms with Crippen molar-refractivity contribution in [2.24, 2.45) is 11.8 Å². The van der Waals surface area contributed by atoms with Crippen molar-refractivity contribution in [3.8, 4) is 0 Å². The molecule has 158 valence electrons. The first-order valence-corrected chi connectivity index (χ1v) is 11.0. The van der Waals surface area contributed by atoms with Crippen LogP contribution in [0, 0.1) is 11.8 Å². The average molecular weight is 386 g/mol. The first kappa shape index (κ1) is 21.4. The Labute approximate surface area is 164 Å². The zero-order valence-corrected chi connectivity index (χ0v) is 17.2. The summed E-state index contributed by atoms with van der Waals surface area (Å²) in [4.78, 5) is 0. The van der Waals surface area contributed by atoms with E-state index in [1.54, 1.807) is 14.2 Å². The van der Waals surface area contributed by atoms with Crippen LogP contribution in [0.15, 0.2) is 0 Å². The van der Waals surface area contributed by atoms with Crippen LogP contribution in [-0.2, 0) is 9.47 Å². The van der Waals surface area contributed by atoms with E-state index in [4.69, 9.17) is 9.47 Å². The zero-order valence-electron chi connectivity index (χ0n) is 17.2. The second-order valence-corrected chi connectivity index (χ2v) is 8.57. The Morgan fingerprint density at radius 3 is 2.59 bits per heavy atom. The summed E-state index contributed by atoms with van der Waals surface area (Å²) in [5, 5.41) is 22.7. The number of ether oxygens (including phenoxy) is 2. The van der Waals surface area contributed by atoms with Gasteiger partial charge >= 0.3 is 0 Å². The molecule has 0 radical (unpaired) electrons. The van der Waals surface area contributed by atoms with Gasteiger partial charge in [-0.25, -0.2) is 5.32 Å². The lowest BCUT2D eigenvalue weighted by molar-refractivity contribution is -0.750. The lowest BCUT2D eigenvalue weighted by Crippen LogP contribution is -3.06. The molecule has 3 rings (SSSR count). The Morgan fingerprint density at radius 1 is 1.00 bits per heavy atom. The number of hydrogen-bond acceptors (Lipinski definition) is 6. The molecular formula is C20H41N4O3+. The molecule has 2 saturated carbocycles. The molecule has 3 fully saturated rings. The van der Waals surface area contributed by atoms with Crippen molar-refractivity contribution in [3.05, 3.63) is 0 Å². The molecule has 0 amide bonds. The van der Waals surface area contributed by atoms with Gasteiger partial charge in [0.25, 0.3) is 0 Å². The summed E-state index contributed by atoms with van der Waals surface area (Å²) in [6.07, 6.45) is 10.9. The maximum absolute atomic E-state index is 9.19. The minimum atomic E-state index is 0.197. The molecule has 0 aromatic rings. The molecule has 7 atom stereocenters. The molecule has 6 N–H and O–H groups in total. The molecule has 2 aliphatic carbocycles. The van der Waals surface area contributed by atoms with Crippen LogP contribution in [0.25, 0.3) is 0 Å². The maximum atomic E-state index is 9.19. The molecule has 1 heterocycles. The molecule has 0 spiro atoms. The molecule has 3 aliphatic rings. The number of hydrogen-bond donors (Lipinski definition) is 5. The maximum Gasteiger partial charge on any atom is 0.198 e. The highest BCUT2D eigenvalue weighted by molar-refractivity contribution is 4.87. The van der Waals surface area contributed by atoms with Gasteiger partial charge in [-0.1, -0.05) is 6.42 Å². The number of nitrogens with two attached hydrogens (primary N) is 1. The van der Waals surface area contributed by atoms with Crippen LogP contribution >= 0.6 is 0 Å². The highest BCUT2D eigenvalue weighted by Crippen LogP contribution is 2.30. The molecule has 0 aromatic heterocycles. The van der Waals surface area contributed by atoms with E-state index in [1.165, 1.54) is 38.5 Å². The number of quaternary nitrogens is 1. The predicted molar refractivity (Wildman–Crippen MR) is 105 cm³/mol. The van der Waals surface area contributed by atoms with Crippen LogP contribution in [0.3, 0.4) is 0 Å². The molecule has 1 aliphatic heterocycles. The summed E-state index contributed by atoms with van der Waals surface area (Å²) in [6.45, 7) is 1.88. The number of rotatable bonds is 9. The van der Waals surface area contributed by atoms with Gasteiger partial charge in [0.1, 0.15) is 0 Å². The number of aliphatic hydroxyl groups excluding tert-OH is 1. The van der Waals surface area contributed by atoms with Crippen molar-refractivity contribution in [1.82, 2.24) is 16.0 Å². The largest absolute Gasteiger partial charge is 0.395 e. The number of methoxy groups -OCH3 is 2. The molecule has 1 saturated heterocycles. The van der Waals surface area contributed by atoms with Crippen LogP contribution in [0.4, 0.5) is 0 Å². The Bertz CT molecular complexity index is 428. The smallest absolute Gasteiger partial charge is 0.198 e. The standard InChI is InChI=1S/C20H40N4O3/c1-26-17-8-7-14(13-18(17)27-2)9-10-22-20-23-16-6-4-3-5-15(16)19(24-20)21-11-12-25/h14-25H,3-13H2,1-2H3/p+1. The normalized spacial score (nSPS) is 39.9. The van der Waals surface area contributed by atoms with Crippen LogP contribution in [0.2, 0.25) is 0 Å². The van der Waals surface area contributed by atoms with Gasteiger partial charge in [-0.2, -0.15) is 0 Å². The Kier molecular flexibility index (Phi) is 8.77. The summed E-state index contributed by atoms with van der Waals surface area (Å²) in [6, 6.07) is 0.684. The molecule has 7 heteroatoms. The monoisotopic (exact) mass is 385 g/mol. The van der Waals surface area contributed by atoms with E-state index < -0.39 is 0 Å². The number of nitrogens with one attached hydrogen (secondary N) is 3. The lowest BCUT2D eigenvalue weighted by atomic mass is 9.81. The third kappa shape index (κ3) is 5.85. The summed E-state index contributed by atoms with van der Waals surface area (Å²) in [5.41, 5.74) is 0. The van der Waals surface area contributed by atoms with E-state index in [-0.39, 0.29) is 25.1 Å². The summed E-state index contributed by atoms with van der Waals surface area (Å²) in [5.74, 6) is 1.37. The van der Waals surface area contributed by atoms with Crippen LogP contribution < -0.4 is 21.3 Å². The molecular weight excluding hydrogens is 344 g/mol. The van der Waals surface area contributed by atoms with Crippen molar-refractivity contribution in [3.63, 3.8) is 0 Å². The topological polar surface area (TPSA) is 91.4 Å². The summed E-state index contributed by atoms with van der Waals surface area (Å²) < 4.78 is 11.2. The Hall–Kier alpha value is -0.280. The fraction of sp³-hybridized carbons (Fsp3) is 1.00.